The van der Waals surface area contributed by atoms with Crippen LogP contribution in [0.3, 0.4) is 0 Å². The second-order valence-electron chi connectivity index (χ2n) is 7.75. The lowest BCUT2D eigenvalue weighted by atomic mass is 10.1. The van der Waals surface area contributed by atoms with E-state index >= 15 is 0 Å². The predicted octanol–water partition coefficient (Wildman–Crippen LogP) is 5.45. The van der Waals surface area contributed by atoms with E-state index in [0.29, 0.717) is 13.1 Å². The summed E-state index contributed by atoms with van der Waals surface area (Å²) < 4.78 is 5.21. The molecule has 7 heteroatoms. The molecule has 4 aromatic rings. The summed E-state index contributed by atoms with van der Waals surface area (Å²) in [4.78, 5) is 30.6. The van der Waals surface area contributed by atoms with Gasteiger partial charge in [-0.25, -0.2) is 0 Å². The van der Waals surface area contributed by atoms with Crippen molar-refractivity contribution in [1.82, 2.24) is 10.2 Å². The second-order valence-corrected chi connectivity index (χ2v) is 9.76. The summed E-state index contributed by atoms with van der Waals surface area (Å²) in [7, 11) is 1.62. The highest BCUT2D eigenvalue weighted by Crippen LogP contribution is 2.29. The van der Waals surface area contributed by atoms with Gasteiger partial charge in [-0.15, -0.1) is 22.7 Å². The number of rotatable bonds is 10. The quantitative estimate of drug-likeness (QED) is 0.322. The molecule has 0 bridgehead atoms. The van der Waals surface area contributed by atoms with Gasteiger partial charge in [-0.3, -0.25) is 9.59 Å². The molecule has 4 rings (SSSR count). The van der Waals surface area contributed by atoms with Crippen LogP contribution in [0.4, 0.5) is 0 Å². The van der Waals surface area contributed by atoms with Gasteiger partial charge >= 0.3 is 0 Å². The van der Waals surface area contributed by atoms with Crippen molar-refractivity contribution in [2.24, 2.45) is 0 Å². The Kier molecular flexibility index (Phi) is 8.12. The van der Waals surface area contributed by atoms with Crippen LogP contribution in [0.15, 0.2) is 89.6 Å². The third-order valence-corrected chi connectivity index (χ3v) is 7.22. The fraction of sp³-hybridized carbons (Fsp3) is 0.185. The molecule has 1 atom stereocenters. The summed E-state index contributed by atoms with van der Waals surface area (Å²) in [5, 5.41) is 6.94. The monoisotopic (exact) mass is 490 g/mol. The summed E-state index contributed by atoms with van der Waals surface area (Å²) in [6.45, 7) is 0.715. The molecule has 0 spiro atoms. The van der Waals surface area contributed by atoms with Crippen LogP contribution >= 0.6 is 22.7 Å². The first kappa shape index (κ1) is 23.7. The number of nitrogens with zero attached hydrogens (tertiary/aromatic N) is 1. The number of carbonyl (C=O) groups is 2. The molecule has 1 N–H and O–H groups in total. The Morgan fingerprint density at radius 3 is 2.26 bits per heavy atom. The van der Waals surface area contributed by atoms with Gasteiger partial charge in [0.2, 0.25) is 11.8 Å². The molecule has 2 heterocycles. The van der Waals surface area contributed by atoms with E-state index in [4.69, 9.17) is 4.74 Å². The fourth-order valence-corrected chi connectivity index (χ4v) is 5.20. The van der Waals surface area contributed by atoms with Crippen molar-refractivity contribution in [1.29, 1.82) is 0 Å². The second kappa shape index (κ2) is 11.6. The number of carbonyl (C=O) groups excluding carboxylic acids is 2. The van der Waals surface area contributed by atoms with E-state index in [1.54, 1.807) is 23.3 Å². The van der Waals surface area contributed by atoms with Gasteiger partial charge < -0.3 is 15.0 Å². The summed E-state index contributed by atoms with van der Waals surface area (Å²) >= 11 is 3.03. The Morgan fingerprint density at radius 1 is 0.882 bits per heavy atom. The van der Waals surface area contributed by atoms with Gasteiger partial charge in [0.1, 0.15) is 11.8 Å². The highest BCUT2D eigenvalue weighted by molar-refractivity contribution is 7.10. The zero-order valence-electron chi connectivity index (χ0n) is 18.8. The summed E-state index contributed by atoms with van der Waals surface area (Å²) in [6.07, 6.45) is 0.262. The minimum absolute atomic E-state index is 0.0794. The standard InChI is InChI=1S/C27H26N2O3S2/c1-32-22-13-11-20(12-14-22)18-28-27(31)26(24-10-6-16-34-24)29(19-21-7-3-2-4-8-21)25(30)17-23-9-5-15-33-23/h2-16,26H,17-19H2,1H3,(H,28,31)/t26-/m1/s1. The van der Waals surface area contributed by atoms with Gasteiger partial charge in [0.25, 0.3) is 0 Å². The minimum Gasteiger partial charge on any atom is -0.497 e. The van der Waals surface area contributed by atoms with Gasteiger partial charge in [0, 0.05) is 22.8 Å². The fourth-order valence-electron chi connectivity index (χ4n) is 3.67. The van der Waals surface area contributed by atoms with Gasteiger partial charge in [-0.05, 0) is 46.2 Å². The van der Waals surface area contributed by atoms with Crippen LogP contribution < -0.4 is 10.1 Å². The van der Waals surface area contributed by atoms with Crippen molar-refractivity contribution in [3.63, 3.8) is 0 Å². The predicted molar refractivity (Wildman–Crippen MR) is 137 cm³/mol. The molecule has 0 aliphatic carbocycles. The number of ether oxygens (including phenoxy) is 1. The van der Waals surface area contributed by atoms with Crippen molar-refractivity contribution < 1.29 is 14.3 Å². The largest absolute Gasteiger partial charge is 0.497 e. The highest BCUT2D eigenvalue weighted by Gasteiger charge is 2.32. The molecule has 2 aromatic carbocycles. The van der Waals surface area contributed by atoms with Crippen LogP contribution in [0, 0.1) is 0 Å². The Bertz CT molecular complexity index is 1170. The lowest BCUT2D eigenvalue weighted by Gasteiger charge is -2.30. The van der Waals surface area contributed by atoms with Crippen molar-refractivity contribution in [2.45, 2.75) is 25.6 Å². The molecule has 0 saturated carbocycles. The molecule has 0 saturated heterocycles. The molecule has 34 heavy (non-hydrogen) atoms. The third kappa shape index (κ3) is 6.12. The van der Waals surface area contributed by atoms with Crippen LogP contribution in [0.2, 0.25) is 0 Å². The topological polar surface area (TPSA) is 58.6 Å². The number of hydrogen-bond acceptors (Lipinski definition) is 5. The normalized spacial score (nSPS) is 11.6. The van der Waals surface area contributed by atoms with E-state index in [1.807, 2.05) is 89.6 Å². The molecule has 2 aromatic heterocycles. The number of hydrogen-bond donors (Lipinski definition) is 1. The van der Waals surface area contributed by atoms with E-state index in [9.17, 15) is 9.59 Å². The molecular weight excluding hydrogens is 464 g/mol. The molecular formula is C27H26N2O3S2. The lowest BCUT2D eigenvalue weighted by Crippen LogP contribution is -2.43. The Balaban J connectivity index is 1.59. The maximum absolute atomic E-state index is 13.6. The van der Waals surface area contributed by atoms with Crippen LogP contribution in [-0.4, -0.2) is 23.8 Å². The van der Waals surface area contributed by atoms with Gasteiger partial charge in [0.05, 0.1) is 13.5 Å². The SMILES string of the molecule is COc1ccc(CNC(=O)[C@@H](c2cccs2)N(Cc2ccccc2)C(=O)Cc2cccs2)cc1. The number of nitrogens with one attached hydrogen (secondary N) is 1. The molecule has 2 amide bonds. The average Bonchev–Trinajstić information content (AvgIpc) is 3.58. The maximum Gasteiger partial charge on any atom is 0.248 e. The van der Waals surface area contributed by atoms with Crippen molar-refractivity contribution >= 4 is 34.5 Å². The van der Waals surface area contributed by atoms with E-state index in [-0.39, 0.29) is 18.2 Å². The number of methoxy groups -OCH3 is 1. The molecule has 0 radical (unpaired) electrons. The van der Waals surface area contributed by atoms with Gasteiger partial charge in [-0.2, -0.15) is 0 Å². The third-order valence-electron chi connectivity index (χ3n) is 5.42. The van der Waals surface area contributed by atoms with Crippen LogP contribution in [0.5, 0.6) is 5.75 Å². The molecule has 0 aliphatic heterocycles. The summed E-state index contributed by atoms with van der Waals surface area (Å²) in [5.41, 5.74) is 1.94. The summed E-state index contributed by atoms with van der Waals surface area (Å²) in [6, 6.07) is 24.4. The van der Waals surface area contributed by atoms with E-state index < -0.39 is 6.04 Å². The first-order chi connectivity index (χ1) is 16.6. The van der Waals surface area contributed by atoms with Crippen molar-refractivity contribution in [3.8, 4) is 5.75 Å². The number of benzene rings is 2. The zero-order valence-corrected chi connectivity index (χ0v) is 20.5. The Hall–Kier alpha value is -3.42. The van der Waals surface area contributed by atoms with E-state index in [2.05, 4.69) is 5.32 Å². The van der Waals surface area contributed by atoms with Crippen molar-refractivity contribution in [2.75, 3.05) is 7.11 Å². The van der Waals surface area contributed by atoms with Crippen LogP contribution in [-0.2, 0) is 29.1 Å². The van der Waals surface area contributed by atoms with Crippen LogP contribution in [0.1, 0.15) is 26.9 Å². The van der Waals surface area contributed by atoms with Crippen molar-refractivity contribution in [3.05, 3.63) is 111 Å². The first-order valence-electron chi connectivity index (χ1n) is 10.9. The van der Waals surface area contributed by atoms with E-state index in [0.717, 1.165) is 26.6 Å². The molecule has 0 unspecified atom stereocenters. The molecule has 0 fully saturated rings. The number of thiophene rings is 2. The lowest BCUT2D eigenvalue weighted by molar-refractivity contribution is -0.141. The number of amides is 2. The average molecular weight is 491 g/mol. The van der Waals surface area contributed by atoms with Gasteiger partial charge in [0.15, 0.2) is 0 Å². The smallest absolute Gasteiger partial charge is 0.248 e. The zero-order chi connectivity index (χ0) is 23.8. The van der Waals surface area contributed by atoms with Crippen LogP contribution in [0.25, 0.3) is 0 Å². The molecule has 5 nitrogen and oxygen atoms in total. The minimum atomic E-state index is -0.717. The summed E-state index contributed by atoms with van der Waals surface area (Å²) in [5.74, 6) is 0.484. The molecule has 174 valence electrons. The maximum atomic E-state index is 13.6. The Labute approximate surface area is 207 Å². The van der Waals surface area contributed by atoms with E-state index in [1.165, 1.54) is 11.3 Å². The molecule has 0 aliphatic rings. The van der Waals surface area contributed by atoms with Gasteiger partial charge in [-0.1, -0.05) is 54.6 Å². The first-order valence-corrected chi connectivity index (χ1v) is 12.7. The highest BCUT2D eigenvalue weighted by atomic mass is 32.1. The Morgan fingerprint density at radius 2 is 1.62 bits per heavy atom.